The van der Waals surface area contributed by atoms with Gasteiger partial charge in [0, 0.05) is 36.3 Å². The molecule has 8 heteroatoms. The van der Waals surface area contributed by atoms with Crippen LogP contribution in [0.15, 0.2) is 4.79 Å². The highest BCUT2D eigenvalue weighted by atomic mass is 16.2. The molecule has 1 aliphatic heterocycles. The zero-order valence-electron chi connectivity index (χ0n) is 13.5. The Morgan fingerprint density at radius 2 is 1.96 bits per heavy atom. The number of aromatic nitrogens is 2. The lowest BCUT2D eigenvalue weighted by molar-refractivity contribution is -0.134. The quantitative estimate of drug-likeness (QED) is 0.647. The second-order valence-corrected chi connectivity index (χ2v) is 5.98. The second-order valence-electron chi connectivity index (χ2n) is 5.98. The second kappa shape index (κ2) is 6.91. The Labute approximate surface area is 134 Å². The fourth-order valence-corrected chi connectivity index (χ4v) is 3.23. The van der Waals surface area contributed by atoms with E-state index in [1.54, 1.807) is 18.7 Å². The van der Waals surface area contributed by atoms with E-state index in [4.69, 9.17) is 11.5 Å². The normalized spacial score (nSPS) is 20.7. The summed E-state index contributed by atoms with van der Waals surface area (Å²) in [6.45, 7) is 3.71. The van der Waals surface area contributed by atoms with Crippen LogP contribution in [0, 0.1) is 13.8 Å². The van der Waals surface area contributed by atoms with Gasteiger partial charge in [-0.05, 0) is 26.7 Å². The first-order valence-corrected chi connectivity index (χ1v) is 7.69. The Morgan fingerprint density at radius 1 is 1.30 bits per heavy atom. The largest absolute Gasteiger partial charge is 0.370 e. The molecule has 2 atom stereocenters. The van der Waals surface area contributed by atoms with Crippen molar-refractivity contribution in [1.82, 2.24) is 14.9 Å². The van der Waals surface area contributed by atoms with Crippen LogP contribution in [-0.4, -0.2) is 45.3 Å². The van der Waals surface area contributed by atoms with Crippen molar-refractivity contribution in [2.75, 3.05) is 6.54 Å². The number of aromatic amines is 1. The van der Waals surface area contributed by atoms with E-state index in [0.717, 1.165) is 6.42 Å². The van der Waals surface area contributed by atoms with Crippen LogP contribution in [0.25, 0.3) is 0 Å². The van der Waals surface area contributed by atoms with E-state index >= 15 is 0 Å². The molecule has 1 aromatic rings. The molecule has 0 saturated carbocycles. The minimum Gasteiger partial charge on any atom is -0.370 e. The molecular weight excluding hydrogens is 298 g/mol. The molecule has 0 spiro atoms. The lowest BCUT2D eigenvalue weighted by atomic mass is 10.1. The maximum Gasteiger partial charge on any atom is 0.254 e. The Morgan fingerprint density at radius 3 is 2.52 bits per heavy atom. The highest BCUT2D eigenvalue weighted by molar-refractivity contribution is 5.81. The predicted molar refractivity (Wildman–Crippen MR) is 84.6 cm³/mol. The van der Waals surface area contributed by atoms with Crippen molar-refractivity contribution >= 4 is 11.8 Å². The van der Waals surface area contributed by atoms with Crippen LogP contribution >= 0.6 is 0 Å². The summed E-state index contributed by atoms with van der Waals surface area (Å²) in [5.74, 6) is -0.156. The zero-order valence-corrected chi connectivity index (χ0v) is 13.5. The Hall–Kier alpha value is -2.22. The molecule has 2 heterocycles. The maximum atomic E-state index is 12.7. The Bertz CT molecular complexity index is 670. The lowest BCUT2D eigenvalue weighted by Gasteiger charge is -2.29. The van der Waals surface area contributed by atoms with Crippen LogP contribution in [0.2, 0.25) is 0 Å². The molecule has 23 heavy (non-hydrogen) atoms. The van der Waals surface area contributed by atoms with Gasteiger partial charge >= 0.3 is 0 Å². The van der Waals surface area contributed by atoms with Crippen molar-refractivity contribution in [2.24, 2.45) is 11.5 Å². The number of primary amides is 1. The summed E-state index contributed by atoms with van der Waals surface area (Å²) in [5, 5.41) is 0. The van der Waals surface area contributed by atoms with Crippen LogP contribution in [0.5, 0.6) is 0 Å². The van der Waals surface area contributed by atoms with E-state index in [1.807, 2.05) is 0 Å². The van der Waals surface area contributed by atoms with Gasteiger partial charge in [-0.15, -0.1) is 0 Å². The van der Waals surface area contributed by atoms with Gasteiger partial charge in [0.1, 0.15) is 5.82 Å². The lowest BCUT2D eigenvalue weighted by Crippen LogP contribution is -2.46. The van der Waals surface area contributed by atoms with Gasteiger partial charge in [-0.3, -0.25) is 14.4 Å². The number of nitrogens with zero attached hydrogens (tertiary/aromatic N) is 2. The predicted octanol–water partition coefficient (Wildman–Crippen LogP) is -0.877. The van der Waals surface area contributed by atoms with E-state index < -0.39 is 5.91 Å². The van der Waals surface area contributed by atoms with Crippen molar-refractivity contribution in [3.63, 3.8) is 0 Å². The molecule has 1 saturated heterocycles. The molecule has 126 valence electrons. The third-order valence-electron chi connectivity index (χ3n) is 4.29. The van der Waals surface area contributed by atoms with E-state index in [1.165, 1.54) is 0 Å². The van der Waals surface area contributed by atoms with E-state index in [9.17, 15) is 14.4 Å². The smallest absolute Gasteiger partial charge is 0.254 e. The highest BCUT2D eigenvalue weighted by Gasteiger charge is 2.37. The van der Waals surface area contributed by atoms with E-state index in [-0.39, 0.29) is 36.4 Å². The molecule has 0 bridgehead atoms. The molecule has 0 unspecified atom stereocenters. The Balaban J connectivity index is 2.23. The van der Waals surface area contributed by atoms with Crippen LogP contribution < -0.4 is 17.0 Å². The van der Waals surface area contributed by atoms with Gasteiger partial charge in [0.05, 0.1) is 6.42 Å². The number of nitrogens with one attached hydrogen (secondary N) is 1. The first-order valence-electron chi connectivity index (χ1n) is 7.69. The molecule has 1 aromatic heterocycles. The number of likely N-dealkylation sites (tertiary alicyclic amines) is 1. The number of aryl methyl sites for hydroxylation is 2. The van der Waals surface area contributed by atoms with Crippen LogP contribution in [0.3, 0.4) is 0 Å². The maximum absolute atomic E-state index is 12.7. The molecule has 0 aliphatic carbocycles. The fraction of sp³-hybridized carbons (Fsp3) is 0.600. The summed E-state index contributed by atoms with van der Waals surface area (Å²) in [7, 11) is 0. The molecule has 2 amide bonds. The molecule has 8 nitrogen and oxygen atoms in total. The SMILES string of the molecule is Cc1nc(C)c(CC(=O)N2[C@H](CN)CC[C@@H]2CC(N)=O)c(=O)[nH]1. The molecule has 1 aliphatic rings. The van der Waals surface area contributed by atoms with Gasteiger partial charge in [0.15, 0.2) is 0 Å². The van der Waals surface area contributed by atoms with Gasteiger partial charge in [0.25, 0.3) is 5.56 Å². The minimum absolute atomic E-state index is 0.0553. The molecule has 5 N–H and O–H groups in total. The third-order valence-corrected chi connectivity index (χ3v) is 4.29. The van der Waals surface area contributed by atoms with Gasteiger partial charge in [0.2, 0.25) is 11.8 Å². The van der Waals surface area contributed by atoms with Crippen molar-refractivity contribution in [3.05, 3.63) is 27.4 Å². The van der Waals surface area contributed by atoms with Crippen LogP contribution in [-0.2, 0) is 16.0 Å². The first-order chi connectivity index (χ1) is 10.8. The van der Waals surface area contributed by atoms with E-state index in [2.05, 4.69) is 9.97 Å². The summed E-state index contributed by atoms with van der Waals surface area (Å²) < 4.78 is 0. The topological polar surface area (TPSA) is 135 Å². The fourth-order valence-electron chi connectivity index (χ4n) is 3.23. The number of hydrogen-bond donors (Lipinski definition) is 3. The number of carbonyl (C=O) groups excluding carboxylic acids is 2. The molecule has 0 aromatic carbocycles. The molecule has 0 radical (unpaired) electrons. The molecule has 2 rings (SSSR count). The minimum atomic E-state index is -0.448. The van der Waals surface area contributed by atoms with Crippen molar-refractivity contribution in [2.45, 2.75) is 51.6 Å². The molecular formula is C15H23N5O3. The zero-order chi connectivity index (χ0) is 17.1. The standard InChI is InChI=1S/C15H23N5O3/c1-8-12(15(23)19-9(2)18-8)6-14(22)20-10(5-13(17)21)3-4-11(20)7-16/h10-11H,3-7,16H2,1-2H3,(H2,17,21)(H,18,19,23)/t10-,11+/m1/s1. The van der Waals surface area contributed by atoms with Gasteiger partial charge in [-0.1, -0.05) is 0 Å². The van der Waals surface area contributed by atoms with Gasteiger partial charge in [-0.2, -0.15) is 0 Å². The number of H-pyrrole nitrogens is 1. The van der Waals surface area contributed by atoms with Crippen LogP contribution in [0.1, 0.15) is 36.3 Å². The average Bonchev–Trinajstić information content (AvgIpc) is 2.84. The summed E-state index contributed by atoms with van der Waals surface area (Å²) in [6.07, 6.45) is 1.49. The Kier molecular flexibility index (Phi) is 5.15. The summed E-state index contributed by atoms with van der Waals surface area (Å²) >= 11 is 0. The number of rotatable bonds is 5. The summed E-state index contributed by atoms with van der Waals surface area (Å²) in [5.41, 5.74) is 11.6. The van der Waals surface area contributed by atoms with Crippen molar-refractivity contribution in [3.8, 4) is 0 Å². The average molecular weight is 321 g/mol. The van der Waals surface area contributed by atoms with Gasteiger partial charge in [-0.25, -0.2) is 4.98 Å². The van der Waals surface area contributed by atoms with Crippen molar-refractivity contribution in [1.29, 1.82) is 0 Å². The molecule has 1 fully saturated rings. The number of amides is 2. The number of hydrogen-bond acceptors (Lipinski definition) is 5. The number of carbonyl (C=O) groups is 2. The van der Waals surface area contributed by atoms with Gasteiger partial charge < -0.3 is 21.4 Å². The summed E-state index contributed by atoms with van der Waals surface area (Å²) in [4.78, 5) is 44.4. The van der Waals surface area contributed by atoms with E-state index in [0.29, 0.717) is 30.0 Å². The third kappa shape index (κ3) is 3.76. The number of nitrogens with two attached hydrogens (primary N) is 2. The monoisotopic (exact) mass is 321 g/mol. The van der Waals surface area contributed by atoms with Crippen LogP contribution in [0.4, 0.5) is 0 Å². The first kappa shape index (κ1) is 17.1. The van der Waals surface area contributed by atoms with Crippen molar-refractivity contribution < 1.29 is 9.59 Å². The highest BCUT2D eigenvalue weighted by Crippen LogP contribution is 2.26. The summed E-state index contributed by atoms with van der Waals surface area (Å²) in [6, 6.07) is -0.365.